The fourth-order valence-corrected chi connectivity index (χ4v) is 1.97. The topological polar surface area (TPSA) is 71.0 Å². The molecule has 0 bridgehead atoms. The Hall–Kier alpha value is -0.200. The van der Waals surface area contributed by atoms with Crippen molar-refractivity contribution in [2.75, 3.05) is 33.0 Å². The highest BCUT2D eigenvalue weighted by Crippen LogP contribution is 2.11. The molecular weight excluding hydrogens is 234 g/mol. The molecule has 3 unspecified atom stereocenters. The molecule has 3 atom stereocenters. The number of hydrogen-bond donors (Lipinski definition) is 3. The van der Waals surface area contributed by atoms with E-state index in [1.165, 1.54) is 0 Å². The molecule has 1 aliphatic rings. The number of aliphatic hydroxyl groups is 2. The molecule has 1 fully saturated rings. The quantitative estimate of drug-likeness (QED) is 0.551. The summed E-state index contributed by atoms with van der Waals surface area (Å²) in [5, 5.41) is 22.0. The molecule has 1 heterocycles. The van der Waals surface area contributed by atoms with Gasteiger partial charge in [-0.15, -0.1) is 0 Å². The molecule has 0 spiro atoms. The number of hydrogen-bond acceptors (Lipinski definition) is 5. The highest BCUT2D eigenvalue weighted by Gasteiger charge is 2.17. The molecule has 0 amide bonds. The van der Waals surface area contributed by atoms with Crippen LogP contribution in [0.3, 0.4) is 0 Å². The molecule has 1 aliphatic heterocycles. The van der Waals surface area contributed by atoms with E-state index in [1.54, 1.807) is 0 Å². The molecule has 0 aliphatic carbocycles. The number of ether oxygens (including phenoxy) is 2. The van der Waals surface area contributed by atoms with Crippen molar-refractivity contribution < 1.29 is 19.7 Å². The summed E-state index contributed by atoms with van der Waals surface area (Å²) in [6.07, 6.45) is 1.81. The highest BCUT2D eigenvalue weighted by atomic mass is 16.5. The highest BCUT2D eigenvalue weighted by molar-refractivity contribution is 4.71. The maximum absolute atomic E-state index is 9.74. The molecule has 5 nitrogen and oxygen atoms in total. The van der Waals surface area contributed by atoms with Crippen LogP contribution in [0.4, 0.5) is 0 Å². The molecule has 1 saturated heterocycles. The largest absolute Gasteiger partial charge is 0.395 e. The van der Waals surface area contributed by atoms with Crippen LogP contribution in [0.1, 0.15) is 26.7 Å². The van der Waals surface area contributed by atoms with E-state index in [9.17, 15) is 5.11 Å². The van der Waals surface area contributed by atoms with Crippen LogP contribution in [0.5, 0.6) is 0 Å². The Labute approximate surface area is 109 Å². The van der Waals surface area contributed by atoms with E-state index >= 15 is 0 Å². The number of nitrogens with one attached hydrogen (secondary N) is 1. The van der Waals surface area contributed by atoms with Crippen molar-refractivity contribution in [3.05, 3.63) is 0 Å². The second kappa shape index (κ2) is 8.82. The predicted molar refractivity (Wildman–Crippen MR) is 69.5 cm³/mol. The summed E-state index contributed by atoms with van der Waals surface area (Å²) in [6.45, 7) is 6.29. The summed E-state index contributed by atoms with van der Waals surface area (Å²) >= 11 is 0. The number of aliphatic hydroxyl groups excluding tert-OH is 2. The molecular formula is C13H27NO4. The molecule has 0 aromatic rings. The standard InChI is InChI=1S/C13H27NO4/c1-10(2)13(7-15)14-6-11(16)8-17-9-12-4-3-5-18-12/h10-16H,3-9H2,1-2H3. The fourth-order valence-electron chi connectivity index (χ4n) is 1.97. The fraction of sp³-hybridized carbons (Fsp3) is 1.00. The first-order chi connectivity index (χ1) is 8.63. The molecule has 108 valence electrons. The summed E-state index contributed by atoms with van der Waals surface area (Å²) in [5.41, 5.74) is 0. The Morgan fingerprint density at radius 1 is 1.44 bits per heavy atom. The third-order valence-corrected chi connectivity index (χ3v) is 3.26. The van der Waals surface area contributed by atoms with Gasteiger partial charge in [-0.25, -0.2) is 0 Å². The van der Waals surface area contributed by atoms with Gasteiger partial charge >= 0.3 is 0 Å². The maximum Gasteiger partial charge on any atom is 0.0897 e. The Balaban J connectivity index is 2.03. The SMILES string of the molecule is CC(C)C(CO)NCC(O)COCC1CCCO1. The van der Waals surface area contributed by atoms with Gasteiger partial charge in [0.2, 0.25) is 0 Å². The Bertz CT molecular complexity index is 207. The van der Waals surface area contributed by atoms with Gasteiger partial charge in [0, 0.05) is 19.2 Å². The first kappa shape index (κ1) is 15.9. The molecule has 1 rings (SSSR count). The van der Waals surface area contributed by atoms with E-state index in [2.05, 4.69) is 5.32 Å². The zero-order chi connectivity index (χ0) is 13.4. The minimum absolute atomic E-state index is 0.0258. The van der Waals surface area contributed by atoms with Gasteiger partial charge in [0.05, 0.1) is 32.0 Å². The third-order valence-electron chi connectivity index (χ3n) is 3.26. The van der Waals surface area contributed by atoms with Crippen molar-refractivity contribution in [1.29, 1.82) is 0 Å². The lowest BCUT2D eigenvalue weighted by molar-refractivity contribution is -0.0176. The van der Waals surface area contributed by atoms with Crippen LogP contribution < -0.4 is 5.32 Å². The van der Waals surface area contributed by atoms with E-state index in [0.29, 0.717) is 25.7 Å². The molecule has 0 radical (unpaired) electrons. The van der Waals surface area contributed by atoms with E-state index in [0.717, 1.165) is 19.4 Å². The lowest BCUT2D eigenvalue weighted by atomic mass is 10.1. The van der Waals surface area contributed by atoms with Gasteiger partial charge in [0.1, 0.15) is 0 Å². The van der Waals surface area contributed by atoms with Crippen LogP contribution in [-0.2, 0) is 9.47 Å². The zero-order valence-corrected chi connectivity index (χ0v) is 11.5. The molecule has 0 saturated carbocycles. The van der Waals surface area contributed by atoms with Gasteiger partial charge in [-0.05, 0) is 18.8 Å². The Kier molecular flexibility index (Phi) is 7.77. The molecule has 3 N–H and O–H groups in total. The van der Waals surface area contributed by atoms with Gasteiger partial charge in [-0.2, -0.15) is 0 Å². The average molecular weight is 261 g/mol. The van der Waals surface area contributed by atoms with Gasteiger partial charge in [-0.1, -0.05) is 13.8 Å². The first-order valence-electron chi connectivity index (χ1n) is 6.85. The van der Waals surface area contributed by atoms with Crippen molar-refractivity contribution in [3.63, 3.8) is 0 Å². The van der Waals surface area contributed by atoms with Crippen LogP contribution in [-0.4, -0.2) is 61.4 Å². The van der Waals surface area contributed by atoms with E-state index < -0.39 is 6.10 Å². The van der Waals surface area contributed by atoms with E-state index in [1.807, 2.05) is 13.8 Å². The summed E-state index contributed by atoms with van der Waals surface area (Å²) in [4.78, 5) is 0. The maximum atomic E-state index is 9.74. The minimum Gasteiger partial charge on any atom is -0.395 e. The normalized spacial score (nSPS) is 23.5. The van der Waals surface area contributed by atoms with Crippen molar-refractivity contribution in [3.8, 4) is 0 Å². The van der Waals surface area contributed by atoms with Gasteiger partial charge in [0.25, 0.3) is 0 Å². The Morgan fingerprint density at radius 2 is 2.22 bits per heavy atom. The molecule has 5 heteroatoms. The first-order valence-corrected chi connectivity index (χ1v) is 6.85. The van der Waals surface area contributed by atoms with E-state index in [4.69, 9.17) is 14.6 Å². The molecule has 18 heavy (non-hydrogen) atoms. The van der Waals surface area contributed by atoms with Crippen molar-refractivity contribution in [2.45, 2.75) is 44.9 Å². The van der Waals surface area contributed by atoms with Crippen LogP contribution in [0.15, 0.2) is 0 Å². The lowest BCUT2D eigenvalue weighted by Gasteiger charge is -2.22. The van der Waals surface area contributed by atoms with Crippen LogP contribution in [0.2, 0.25) is 0 Å². The van der Waals surface area contributed by atoms with Gasteiger partial charge in [-0.3, -0.25) is 0 Å². The van der Waals surface area contributed by atoms with Crippen molar-refractivity contribution in [1.82, 2.24) is 5.32 Å². The number of rotatable bonds is 9. The summed E-state index contributed by atoms with van der Waals surface area (Å²) in [7, 11) is 0. The van der Waals surface area contributed by atoms with Crippen molar-refractivity contribution in [2.24, 2.45) is 5.92 Å². The van der Waals surface area contributed by atoms with Crippen LogP contribution >= 0.6 is 0 Å². The van der Waals surface area contributed by atoms with Crippen molar-refractivity contribution >= 4 is 0 Å². The summed E-state index contributed by atoms with van der Waals surface area (Å²) < 4.78 is 10.9. The summed E-state index contributed by atoms with van der Waals surface area (Å²) in [6, 6.07) is 0.0258. The minimum atomic E-state index is -0.542. The Morgan fingerprint density at radius 3 is 2.78 bits per heavy atom. The van der Waals surface area contributed by atoms with Crippen LogP contribution in [0.25, 0.3) is 0 Å². The molecule has 0 aromatic carbocycles. The summed E-state index contributed by atoms with van der Waals surface area (Å²) in [5.74, 6) is 0.343. The second-order valence-electron chi connectivity index (χ2n) is 5.27. The second-order valence-corrected chi connectivity index (χ2v) is 5.27. The van der Waals surface area contributed by atoms with Crippen LogP contribution in [0, 0.1) is 5.92 Å². The van der Waals surface area contributed by atoms with E-state index in [-0.39, 0.29) is 18.8 Å². The zero-order valence-electron chi connectivity index (χ0n) is 11.5. The third kappa shape index (κ3) is 6.11. The predicted octanol–water partition coefficient (Wildman–Crippen LogP) is 0.149. The lowest BCUT2D eigenvalue weighted by Crippen LogP contribution is -2.42. The average Bonchev–Trinajstić information content (AvgIpc) is 2.82. The smallest absolute Gasteiger partial charge is 0.0897 e. The monoisotopic (exact) mass is 261 g/mol. The van der Waals surface area contributed by atoms with Gasteiger partial charge in [0.15, 0.2) is 0 Å². The van der Waals surface area contributed by atoms with Gasteiger partial charge < -0.3 is 25.0 Å². The molecule has 0 aromatic heterocycles.